The maximum absolute atomic E-state index is 12.0. The zero-order valence-electron chi connectivity index (χ0n) is 31.6. The third-order valence-corrected chi connectivity index (χ3v) is 6.88. The molecule has 0 aromatic carbocycles. The SMILES string of the molecule is CC(C)[C@H](NC(=O)CC[C@@H](NC(=O)OC(C)(C)C)C(C)C)C(=O)O.CC(C)[C@H](NC(=O)CC[C@@H](NC(=O)OC(C)(C)C)C(C)C)C(=O)O. The van der Waals surface area contributed by atoms with E-state index in [1.165, 1.54) is 0 Å². The first-order valence-corrected chi connectivity index (χ1v) is 16.7. The van der Waals surface area contributed by atoms with Gasteiger partial charge in [0.25, 0.3) is 0 Å². The van der Waals surface area contributed by atoms with E-state index in [1.54, 1.807) is 69.2 Å². The van der Waals surface area contributed by atoms with Gasteiger partial charge in [-0.05, 0) is 78.1 Å². The second kappa shape index (κ2) is 21.4. The van der Waals surface area contributed by atoms with E-state index in [-0.39, 0.29) is 60.4 Å². The molecule has 0 heterocycles. The Morgan fingerprint density at radius 1 is 0.500 bits per heavy atom. The summed E-state index contributed by atoms with van der Waals surface area (Å²) in [6, 6.07) is -2.27. The van der Waals surface area contributed by atoms with Crippen molar-refractivity contribution >= 4 is 35.9 Å². The van der Waals surface area contributed by atoms with Gasteiger partial charge in [-0.1, -0.05) is 55.4 Å². The Morgan fingerprint density at radius 2 is 0.771 bits per heavy atom. The summed E-state index contributed by atoms with van der Waals surface area (Å²) in [5, 5.41) is 28.8. The quantitative estimate of drug-likeness (QED) is 0.127. The molecule has 0 rings (SSSR count). The number of carboxylic acids is 2. The average molecular weight is 689 g/mol. The highest BCUT2D eigenvalue weighted by Gasteiger charge is 2.27. The van der Waals surface area contributed by atoms with Crippen molar-refractivity contribution in [2.75, 3.05) is 0 Å². The van der Waals surface area contributed by atoms with Crippen LogP contribution < -0.4 is 21.3 Å². The van der Waals surface area contributed by atoms with Crippen molar-refractivity contribution in [2.45, 2.75) is 158 Å². The van der Waals surface area contributed by atoms with Crippen molar-refractivity contribution in [3.05, 3.63) is 0 Å². The summed E-state index contributed by atoms with van der Waals surface area (Å²) in [4.78, 5) is 69.9. The molecule has 0 saturated carbocycles. The van der Waals surface area contributed by atoms with E-state index in [1.807, 2.05) is 27.7 Å². The van der Waals surface area contributed by atoms with Crippen LogP contribution in [-0.4, -0.2) is 81.5 Å². The van der Waals surface area contributed by atoms with Crippen LogP contribution in [0, 0.1) is 23.7 Å². The summed E-state index contributed by atoms with van der Waals surface area (Å²) in [7, 11) is 0. The lowest BCUT2D eigenvalue weighted by atomic mass is 9.98. The summed E-state index contributed by atoms with van der Waals surface area (Å²) in [6.07, 6.45) is 0.0457. The largest absolute Gasteiger partial charge is 0.480 e. The number of alkyl carbamates (subject to hydrolysis) is 2. The Balaban J connectivity index is 0. The molecule has 0 aliphatic heterocycles. The standard InChI is InChI=1S/2C17H32N2O5/c2*1-10(2)12(18-16(23)24-17(5,6)7)8-9-13(20)19-14(11(3)4)15(21)22/h2*10-12,14H,8-9H2,1-7H3,(H,18,23)(H,19,20)(H,21,22)/t2*12-,14+/m11/s1. The van der Waals surface area contributed by atoms with Gasteiger partial charge in [0.1, 0.15) is 23.3 Å². The molecule has 0 aliphatic rings. The van der Waals surface area contributed by atoms with Crippen molar-refractivity contribution in [3.63, 3.8) is 0 Å². The van der Waals surface area contributed by atoms with Crippen molar-refractivity contribution < 1.29 is 48.5 Å². The number of ether oxygens (including phenoxy) is 2. The highest BCUT2D eigenvalue weighted by molar-refractivity contribution is 5.84. The Labute approximate surface area is 287 Å². The number of rotatable bonds is 16. The molecule has 0 spiro atoms. The lowest BCUT2D eigenvalue weighted by molar-refractivity contribution is -0.143. The maximum Gasteiger partial charge on any atom is 0.407 e. The van der Waals surface area contributed by atoms with E-state index in [2.05, 4.69) is 21.3 Å². The number of carbonyl (C=O) groups is 6. The number of carboxylic acid groups (broad SMARTS) is 2. The van der Waals surface area contributed by atoms with Gasteiger partial charge in [0.2, 0.25) is 11.8 Å². The molecular weight excluding hydrogens is 624 g/mol. The third kappa shape index (κ3) is 22.9. The van der Waals surface area contributed by atoms with E-state index >= 15 is 0 Å². The minimum atomic E-state index is -1.05. The molecule has 0 saturated heterocycles. The van der Waals surface area contributed by atoms with Crippen molar-refractivity contribution in [1.29, 1.82) is 0 Å². The third-order valence-electron chi connectivity index (χ3n) is 6.88. The highest BCUT2D eigenvalue weighted by atomic mass is 16.6. The Hall–Kier alpha value is -3.58. The fraction of sp³-hybridized carbons (Fsp3) is 0.824. The van der Waals surface area contributed by atoms with Crippen LogP contribution in [0.15, 0.2) is 0 Å². The normalized spacial score (nSPS) is 14.2. The molecule has 0 unspecified atom stereocenters. The van der Waals surface area contributed by atoms with Crippen LogP contribution in [0.1, 0.15) is 123 Å². The summed E-state index contributed by atoms with van der Waals surface area (Å²) < 4.78 is 10.4. The molecule has 0 aromatic rings. The van der Waals surface area contributed by atoms with Gasteiger partial charge in [-0.2, -0.15) is 0 Å². The zero-order chi connectivity index (χ0) is 38.2. The number of amides is 4. The van der Waals surface area contributed by atoms with Crippen LogP contribution in [0.2, 0.25) is 0 Å². The van der Waals surface area contributed by atoms with E-state index in [9.17, 15) is 28.8 Å². The first kappa shape index (κ1) is 46.5. The van der Waals surface area contributed by atoms with Crippen LogP contribution >= 0.6 is 0 Å². The molecule has 0 bridgehead atoms. The van der Waals surface area contributed by atoms with Gasteiger partial charge in [-0.15, -0.1) is 0 Å². The predicted molar refractivity (Wildman–Crippen MR) is 183 cm³/mol. The maximum atomic E-state index is 12.0. The van der Waals surface area contributed by atoms with E-state index in [0.717, 1.165) is 0 Å². The monoisotopic (exact) mass is 688 g/mol. The van der Waals surface area contributed by atoms with E-state index in [0.29, 0.717) is 12.8 Å². The molecule has 6 N–H and O–H groups in total. The van der Waals surface area contributed by atoms with Crippen LogP contribution in [0.3, 0.4) is 0 Å². The Bertz CT molecular complexity index is 964. The van der Waals surface area contributed by atoms with Crippen LogP contribution in [0.25, 0.3) is 0 Å². The van der Waals surface area contributed by atoms with Crippen molar-refractivity contribution in [1.82, 2.24) is 21.3 Å². The van der Waals surface area contributed by atoms with Gasteiger partial charge < -0.3 is 41.0 Å². The van der Waals surface area contributed by atoms with Gasteiger partial charge in [-0.3, -0.25) is 9.59 Å². The first-order chi connectivity index (χ1) is 21.7. The summed E-state index contributed by atoms with van der Waals surface area (Å²) in [5.74, 6) is -2.95. The smallest absolute Gasteiger partial charge is 0.407 e. The van der Waals surface area contributed by atoms with Gasteiger partial charge in [0, 0.05) is 24.9 Å². The van der Waals surface area contributed by atoms with Gasteiger partial charge in [-0.25, -0.2) is 19.2 Å². The molecule has 0 aromatic heterocycles. The minimum Gasteiger partial charge on any atom is -0.480 e. The highest BCUT2D eigenvalue weighted by Crippen LogP contribution is 2.14. The van der Waals surface area contributed by atoms with Crippen LogP contribution in [0.4, 0.5) is 9.59 Å². The fourth-order valence-electron chi connectivity index (χ4n) is 4.15. The summed E-state index contributed by atoms with van der Waals surface area (Å²) in [5.41, 5.74) is -1.18. The number of nitrogens with one attached hydrogen (secondary N) is 4. The molecule has 4 atom stereocenters. The van der Waals surface area contributed by atoms with E-state index < -0.39 is 47.4 Å². The van der Waals surface area contributed by atoms with Gasteiger partial charge in [0.05, 0.1) is 0 Å². The zero-order valence-corrected chi connectivity index (χ0v) is 31.6. The molecule has 0 radical (unpaired) electrons. The van der Waals surface area contributed by atoms with Crippen molar-refractivity contribution in [2.24, 2.45) is 23.7 Å². The lowest BCUT2D eigenvalue weighted by Gasteiger charge is -2.26. The fourth-order valence-corrected chi connectivity index (χ4v) is 4.15. The Kier molecular flexibility index (Phi) is 20.8. The number of hydrogen-bond acceptors (Lipinski definition) is 8. The van der Waals surface area contributed by atoms with Crippen molar-refractivity contribution in [3.8, 4) is 0 Å². The second-order valence-corrected chi connectivity index (χ2v) is 15.3. The van der Waals surface area contributed by atoms with Crippen LogP contribution in [-0.2, 0) is 28.7 Å². The predicted octanol–water partition coefficient (Wildman–Crippen LogP) is 5.08. The lowest BCUT2D eigenvalue weighted by Crippen LogP contribution is -2.45. The van der Waals surface area contributed by atoms with Gasteiger partial charge in [0.15, 0.2) is 0 Å². The average Bonchev–Trinajstić information content (AvgIpc) is 2.87. The molecule has 4 amide bonds. The molecule has 0 aliphatic carbocycles. The number of hydrogen-bond donors (Lipinski definition) is 6. The second-order valence-electron chi connectivity index (χ2n) is 15.3. The minimum absolute atomic E-state index is 0.116. The molecular formula is C34H64N4O10. The first-order valence-electron chi connectivity index (χ1n) is 16.7. The molecule has 0 fully saturated rings. The summed E-state index contributed by atoms with van der Waals surface area (Å²) >= 11 is 0. The molecule has 14 nitrogen and oxygen atoms in total. The van der Waals surface area contributed by atoms with Crippen LogP contribution in [0.5, 0.6) is 0 Å². The molecule has 14 heteroatoms. The number of carbonyl (C=O) groups excluding carboxylic acids is 4. The Morgan fingerprint density at radius 3 is 0.958 bits per heavy atom. The summed E-state index contributed by atoms with van der Waals surface area (Å²) in [6.45, 7) is 25.4. The number of aliphatic carboxylic acids is 2. The topological polar surface area (TPSA) is 209 Å². The van der Waals surface area contributed by atoms with Gasteiger partial charge >= 0.3 is 24.1 Å². The molecule has 48 heavy (non-hydrogen) atoms. The molecule has 280 valence electrons. The van der Waals surface area contributed by atoms with E-state index in [4.69, 9.17) is 19.7 Å².